The van der Waals surface area contributed by atoms with Gasteiger partial charge in [-0.25, -0.2) is 0 Å². The van der Waals surface area contributed by atoms with Crippen molar-refractivity contribution in [3.63, 3.8) is 0 Å². The first kappa shape index (κ1) is 15.2. The Morgan fingerprint density at radius 3 is 1.80 bits per heavy atom. The standard InChI is InChI=1S/C11H25O3P/c1-4-7-8-11-15(12,13-9-5-2)14-10-6-3/h4-11H2,1-3H3. The molecule has 0 aromatic rings. The Balaban J connectivity index is 3.96. The third-order valence-electron chi connectivity index (χ3n) is 2.02. The Labute approximate surface area is 94.1 Å². The molecule has 4 heteroatoms. The highest BCUT2D eigenvalue weighted by atomic mass is 31.2. The molecule has 0 unspecified atom stereocenters. The molecule has 0 atom stereocenters. The zero-order valence-electron chi connectivity index (χ0n) is 10.3. The highest BCUT2D eigenvalue weighted by molar-refractivity contribution is 7.53. The van der Waals surface area contributed by atoms with E-state index in [0.717, 1.165) is 32.1 Å². The van der Waals surface area contributed by atoms with Gasteiger partial charge in [0.15, 0.2) is 0 Å². The van der Waals surface area contributed by atoms with E-state index in [1.165, 1.54) is 0 Å². The maximum absolute atomic E-state index is 12.2. The molecule has 0 aliphatic carbocycles. The van der Waals surface area contributed by atoms with Crippen LogP contribution in [0.4, 0.5) is 0 Å². The van der Waals surface area contributed by atoms with Crippen molar-refractivity contribution in [3.05, 3.63) is 0 Å². The molecule has 0 aromatic heterocycles. The fourth-order valence-electron chi connectivity index (χ4n) is 1.18. The van der Waals surface area contributed by atoms with Crippen LogP contribution in [0.15, 0.2) is 0 Å². The second-order valence-electron chi connectivity index (χ2n) is 3.71. The monoisotopic (exact) mass is 236 g/mol. The fourth-order valence-corrected chi connectivity index (χ4v) is 3.05. The van der Waals surface area contributed by atoms with E-state index in [1.807, 2.05) is 13.8 Å². The third-order valence-corrected chi connectivity index (χ3v) is 4.04. The molecule has 92 valence electrons. The Morgan fingerprint density at radius 2 is 1.40 bits per heavy atom. The highest BCUT2D eigenvalue weighted by Crippen LogP contribution is 2.49. The van der Waals surface area contributed by atoms with Crippen LogP contribution in [0.2, 0.25) is 0 Å². The summed E-state index contributed by atoms with van der Waals surface area (Å²) in [6.07, 6.45) is 5.49. The van der Waals surface area contributed by atoms with Crippen molar-refractivity contribution < 1.29 is 13.6 Å². The minimum absolute atomic E-state index is 0.535. The van der Waals surface area contributed by atoms with Gasteiger partial charge in [0, 0.05) is 0 Å². The molecule has 0 bridgehead atoms. The highest BCUT2D eigenvalue weighted by Gasteiger charge is 2.22. The zero-order chi connectivity index (χ0) is 11.6. The number of rotatable bonds is 10. The molecule has 0 aliphatic rings. The van der Waals surface area contributed by atoms with Crippen molar-refractivity contribution in [3.8, 4) is 0 Å². The topological polar surface area (TPSA) is 35.5 Å². The van der Waals surface area contributed by atoms with Gasteiger partial charge in [0.1, 0.15) is 0 Å². The Morgan fingerprint density at radius 1 is 0.867 bits per heavy atom. The fraction of sp³-hybridized carbons (Fsp3) is 1.00. The van der Waals surface area contributed by atoms with E-state index < -0.39 is 7.60 Å². The van der Waals surface area contributed by atoms with Gasteiger partial charge in [0.25, 0.3) is 0 Å². The van der Waals surface area contributed by atoms with Gasteiger partial charge >= 0.3 is 7.60 Å². The van der Waals surface area contributed by atoms with Crippen LogP contribution in [0.1, 0.15) is 52.9 Å². The van der Waals surface area contributed by atoms with Crippen LogP contribution in [0.5, 0.6) is 0 Å². The average Bonchev–Trinajstić information content (AvgIpc) is 2.24. The van der Waals surface area contributed by atoms with Crippen molar-refractivity contribution in [1.82, 2.24) is 0 Å². The summed E-state index contributed by atoms with van der Waals surface area (Å²) in [4.78, 5) is 0. The molecule has 0 rings (SSSR count). The summed E-state index contributed by atoms with van der Waals surface area (Å²) >= 11 is 0. The Bertz CT molecular complexity index is 171. The second-order valence-corrected chi connectivity index (χ2v) is 5.89. The molecule has 15 heavy (non-hydrogen) atoms. The maximum Gasteiger partial charge on any atom is 0.330 e. The quantitative estimate of drug-likeness (QED) is 0.420. The lowest BCUT2D eigenvalue weighted by Gasteiger charge is -2.17. The summed E-state index contributed by atoms with van der Waals surface area (Å²) in [5.41, 5.74) is 0. The van der Waals surface area contributed by atoms with E-state index >= 15 is 0 Å². The van der Waals surface area contributed by atoms with Crippen molar-refractivity contribution in [2.45, 2.75) is 52.9 Å². The zero-order valence-corrected chi connectivity index (χ0v) is 11.2. The van der Waals surface area contributed by atoms with Crippen LogP contribution in [0.25, 0.3) is 0 Å². The van der Waals surface area contributed by atoms with Gasteiger partial charge < -0.3 is 9.05 Å². The maximum atomic E-state index is 12.2. The summed E-state index contributed by atoms with van der Waals surface area (Å²) in [6, 6.07) is 0. The van der Waals surface area contributed by atoms with Crippen LogP contribution in [0.3, 0.4) is 0 Å². The molecule has 0 saturated heterocycles. The number of hydrogen-bond acceptors (Lipinski definition) is 3. The Hall–Kier alpha value is 0.150. The molecule has 0 spiro atoms. The molecule has 3 nitrogen and oxygen atoms in total. The van der Waals surface area contributed by atoms with Crippen molar-refractivity contribution in [2.24, 2.45) is 0 Å². The summed E-state index contributed by atoms with van der Waals surface area (Å²) in [7, 11) is -2.78. The summed E-state index contributed by atoms with van der Waals surface area (Å²) in [6.45, 7) is 7.22. The van der Waals surface area contributed by atoms with Crippen LogP contribution in [-0.2, 0) is 13.6 Å². The molecule has 0 fully saturated rings. The predicted octanol–water partition coefficient (Wildman–Crippen LogP) is 4.22. The first-order valence-corrected chi connectivity index (χ1v) is 7.79. The molecule has 0 aliphatic heterocycles. The van der Waals surface area contributed by atoms with Gasteiger partial charge in [0.05, 0.1) is 19.4 Å². The molecule has 0 N–H and O–H groups in total. The molecular weight excluding hydrogens is 211 g/mol. The van der Waals surface area contributed by atoms with Crippen LogP contribution in [-0.4, -0.2) is 19.4 Å². The first-order chi connectivity index (χ1) is 7.18. The van der Waals surface area contributed by atoms with E-state index in [4.69, 9.17) is 9.05 Å². The van der Waals surface area contributed by atoms with Gasteiger partial charge in [-0.2, -0.15) is 0 Å². The first-order valence-electron chi connectivity index (χ1n) is 6.06. The van der Waals surface area contributed by atoms with Gasteiger partial charge in [-0.1, -0.05) is 33.6 Å². The Kier molecular flexibility index (Phi) is 9.48. The minimum Gasteiger partial charge on any atom is -0.309 e. The number of hydrogen-bond donors (Lipinski definition) is 0. The van der Waals surface area contributed by atoms with Gasteiger partial charge in [-0.15, -0.1) is 0 Å². The summed E-state index contributed by atoms with van der Waals surface area (Å²) in [5, 5.41) is 0. The van der Waals surface area contributed by atoms with E-state index in [0.29, 0.717) is 19.4 Å². The largest absolute Gasteiger partial charge is 0.330 e. The van der Waals surface area contributed by atoms with Crippen molar-refractivity contribution in [2.75, 3.05) is 19.4 Å². The normalized spacial score (nSPS) is 11.9. The lowest BCUT2D eigenvalue weighted by atomic mass is 10.3. The SMILES string of the molecule is CCCCCP(=O)(OCCC)OCCC. The predicted molar refractivity (Wildman–Crippen MR) is 64.5 cm³/mol. The van der Waals surface area contributed by atoms with Crippen LogP contribution >= 0.6 is 7.60 Å². The number of unbranched alkanes of at least 4 members (excludes halogenated alkanes) is 2. The molecule has 0 radical (unpaired) electrons. The summed E-state index contributed by atoms with van der Waals surface area (Å²) in [5.74, 6) is 0. The van der Waals surface area contributed by atoms with Crippen LogP contribution in [0, 0.1) is 0 Å². The summed E-state index contributed by atoms with van der Waals surface area (Å²) < 4.78 is 22.9. The van der Waals surface area contributed by atoms with E-state index in [1.54, 1.807) is 0 Å². The van der Waals surface area contributed by atoms with E-state index in [2.05, 4.69) is 6.92 Å². The van der Waals surface area contributed by atoms with Gasteiger partial charge in [-0.3, -0.25) is 4.57 Å². The smallest absolute Gasteiger partial charge is 0.309 e. The molecule has 0 aromatic carbocycles. The molecular formula is C11H25O3P. The van der Waals surface area contributed by atoms with E-state index in [9.17, 15) is 4.57 Å². The minimum atomic E-state index is -2.78. The van der Waals surface area contributed by atoms with Crippen LogP contribution < -0.4 is 0 Å². The van der Waals surface area contributed by atoms with Crippen molar-refractivity contribution in [1.29, 1.82) is 0 Å². The lowest BCUT2D eigenvalue weighted by Crippen LogP contribution is -2.02. The van der Waals surface area contributed by atoms with Crippen molar-refractivity contribution >= 4 is 7.60 Å². The van der Waals surface area contributed by atoms with Gasteiger partial charge in [0.2, 0.25) is 0 Å². The lowest BCUT2D eigenvalue weighted by molar-refractivity contribution is 0.204. The molecule has 0 saturated carbocycles. The molecule has 0 heterocycles. The third kappa shape index (κ3) is 8.01. The molecule has 0 amide bonds. The van der Waals surface area contributed by atoms with Gasteiger partial charge in [-0.05, 0) is 19.3 Å². The second kappa shape index (κ2) is 9.38. The van der Waals surface area contributed by atoms with E-state index in [-0.39, 0.29) is 0 Å². The average molecular weight is 236 g/mol.